The van der Waals surface area contributed by atoms with E-state index in [2.05, 4.69) is 64.1 Å². The van der Waals surface area contributed by atoms with E-state index in [1.165, 1.54) is 0 Å². The molecule has 0 aliphatic carbocycles. The third kappa shape index (κ3) is 7.99. The molecule has 0 aromatic heterocycles. The van der Waals surface area contributed by atoms with Crippen LogP contribution in [-0.2, 0) is 9.47 Å². The van der Waals surface area contributed by atoms with E-state index in [1.807, 2.05) is 0 Å². The molecule has 0 spiro atoms. The number of rotatable bonds is 7. The van der Waals surface area contributed by atoms with Crippen LogP contribution in [-0.4, -0.2) is 52.0 Å². The third-order valence-corrected chi connectivity index (χ3v) is 3.72. The second-order valence-electron chi connectivity index (χ2n) is 7.78. The summed E-state index contributed by atoms with van der Waals surface area (Å²) in [6.07, 6.45) is 0.209. The second kappa shape index (κ2) is 9.36. The van der Waals surface area contributed by atoms with E-state index in [9.17, 15) is 0 Å². The Morgan fingerprint density at radius 3 is 1.77 bits per heavy atom. The van der Waals surface area contributed by atoms with Crippen molar-refractivity contribution in [3.8, 4) is 0 Å². The molecule has 2 atom stereocenters. The van der Waals surface area contributed by atoms with Crippen molar-refractivity contribution in [1.82, 2.24) is 10.6 Å². The number of hydrogen-bond acceptors (Lipinski definition) is 3. The van der Waals surface area contributed by atoms with Gasteiger partial charge in [-0.3, -0.25) is 4.99 Å². The van der Waals surface area contributed by atoms with Gasteiger partial charge in [0.2, 0.25) is 0 Å². The lowest BCUT2D eigenvalue weighted by atomic mass is 9.89. The number of nitrogens with one attached hydrogen (secondary N) is 2. The van der Waals surface area contributed by atoms with E-state index >= 15 is 0 Å². The van der Waals surface area contributed by atoms with Crippen molar-refractivity contribution in [1.29, 1.82) is 0 Å². The largest absolute Gasteiger partial charge is 0.379 e. The Morgan fingerprint density at radius 2 is 1.41 bits per heavy atom. The van der Waals surface area contributed by atoms with Crippen LogP contribution in [0.3, 0.4) is 0 Å². The first-order chi connectivity index (χ1) is 10.1. The van der Waals surface area contributed by atoms with Crippen molar-refractivity contribution in [3.63, 3.8) is 0 Å². The first kappa shape index (κ1) is 21.2. The Morgan fingerprint density at radius 1 is 0.909 bits per heavy atom. The normalized spacial score (nSPS) is 16.3. The second-order valence-corrected chi connectivity index (χ2v) is 7.78. The maximum absolute atomic E-state index is 5.57. The summed E-state index contributed by atoms with van der Waals surface area (Å²) in [5.41, 5.74) is 0.148. The van der Waals surface area contributed by atoms with E-state index in [0.717, 1.165) is 19.0 Å². The molecule has 132 valence electrons. The summed E-state index contributed by atoms with van der Waals surface area (Å²) in [6, 6.07) is 0. The van der Waals surface area contributed by atoms with Crippen LogP contribution in [0.2, 0.25) is 0 Å². The van der Waals surface area contributed by atoms with Gasteiger partial charge in [-0.15, -0.1) is 0 Å². The molecule has 22 heavy (non-hydrogen) atoms. The van der Waals surface area contributed by atoms with Gasteiger partial charge in [-0.2, -0.15) is 0 Å². The zero-order chi connectivity index (χ0) is 17.4. The average Bonchev–Trinajstić information content (AvgIpc) is 2.36. The van der Waals surface area contributed by atoms with Crippen LogP contribution >= 0.6 is 0 Å². The van der Waals surface area contributed by atoms with Crippen molar-refractivity contribution in [3.05, 3.63) is 0 Å². The van der Waals surface area contributed by atoms with E-state index in [4.69, 9.17) is 9.47 Å². The molecule has 0 aromatic carbocycles. The molecule has 0 radical (unpaired) electrons. The van der Waals surface area contributed by atoms with Crippen LogP contribution in [0.5, 0.6) is 0 Å². The van der Waals surface area contributed by atoms with Crippen LogP contribution in [0.4, 0.5) is 0 Å². The molecule has 0 amide bonds. The summed E-state index contributed by atoms with van der Waals surface area (Å²) in [7, 11) is 3.49. The quantitative estimate of drug-likeness (QED) is 0.560. The Bertz CT molecular complexity index is 330. The topological polar surface area (TPSA) is 54.9 Å². The van der Waals surface area contributed by atoms with Gasteiger partial charge in [0.15, 0.2) is 5.96 Å². The molecule has 0 saturated heterocycles. The highest BCUT2D eigenvalue weighted by Gasteiger charge is 2.25. The number of nitrogens with zero attached hydrogens (tertiary/aromatic N) is 1. The van der Waals surface area contributed by atoms with Gasteiger partial charge in [0.1, 0.15) is 0 Å². The zero-order valence-electron chi connectivity index (χ0n) is 16.0. The number of guanidine groups is 1. The predicted molar refractivity (Wildman–Crippen MR) is 94.5 cm³/mol. The Kier molecular flexibility index (Phi) is 9.01. The molecular weight excluding hydrogens is 278 g/mol. The molecule has 2 N–H and O–H groups in total. The summed E-state index contributed by atoms with van der Waals surface area (Å²) in [4.78, 5) is 4.65. The molecule has 0 heterocycles. The number of ether oxygens (including phenoxy) is 2. The van der Waals surface area contributed by atoms with E-state index in [0.29, 0.717) is 6.54 Å². The molecule has 0 saturated carbocycles. The fraction of sp³-hybridized carbons (Fsp3) is 0.941. The van der Waals surface area contributed by atoms with Crippen molar-refractivity contribution in [2.75, 3.05) is 33.9 Å². The summed E-state index contributed by atoms with van der Waals surface area (Å²) < 4.78 is 11.1. The molecule has 0 aliphatic heterocycles. The summed E-state index contributed by atoms with van der Waals surface area (Å²) in [6.45, 7) is 17.3. The van der Waals surface area contributed by atoms with E-state index in [1.54, 1.807) is 14.2 Å². The monoisotopic (exact) mass is 315 g/mol. The Hall–Kier alpha value is -0.810. The van der Waals surface area contributed by atoms with Gasteiger partial charge in [-0.25, -0.2) is 0 Å². The van der Waals surface area contributed by atoms with Gasteiger partial charge in [0, 0.05) is 27.3 Å². The van der Waals surface area contributed by atoms with Gasteiger partial charge in [0.05, 0.1) is 18.8 Å². The van der Waals surface area contributed by atoms with Gasteiger partial charge < -0.3 is 20.1 Å². The molecule has 5 nitrogen and oxygen atoms in total. The van der Waals surface area contributed by atoms with E-state index in [-0.39, 0.29) is 23.0 Å². The predicted octanol–water partition coefficient (Wildman–Crippen LogP) is 2.66. The number of hydrogen-bond donors (Lipinski definition) is 2. The standard InChI is InChI=1S/C17H37N3O2/c1-10-18-15(19-11-13(21-8)16(2,3)4)20-12-14(22-9)17(5,6)7/h13-14H,10-12H2,1-9H3,(H2,18,19,20). The van der Waals surface area contributed by atoms with Gasteiger partial charge >= 0.3 is 0 Å². The first-order valence-corrected chi connectivity index (χ1v) is 8.14. The van der Waals surface area contributed by atoms with E-state index < -0.39 is 0 Å². The molecular formula is C17H37N3O2. The summed E-state index contributed by atoms with van der Waals surface area (Å²) in [5, 5.41) is 6.64. The summed E-state index contributed by atoms with van der Waals surface area (Å²) in [5.74, 6) is 0.806. The van der Waals surface area contributed by atoms with Crippen molar-refractivity contribution < 1.29 is 9.47 Å². The van der Waals surface area contributed by atoms with Crippen LogP contribution in [0.25, 0.3) is 0 Å². The van der Waals surface area contributed by atoms with Gasteiger partial charge in [0.25, 0.3) is 0 Å². The molecule has 0 aliphatic rings. The van der Waals surface area contributed by atoms with Crippen molar-refractivity contribution in [2.45, 2.75) is 60.7 Å². The lowest BCUT2D eigenvalue weighted by Crippen LogP contribution is -2.46. The molecule has 0 bridgehead atoms. The minimum atomic E-state index is 0.0655. The minimum Gasteiger partial charge on any atom is -0.379 e. The van der Waals surface area contributed by atoms with Crippen molar-refractivity contribution >= 4 is 5.96 Å². The Labute approximate surface area is 137 Å². The minimum absolute atomic E-state index is 0.0655. The highest BCUT2D eigenvalue weighted by Crippen LogP contribution is 2.22. The first-order valence-electron chi connectivity index (χ1n) is 8.14. The molecule has 5 heteroatoms. The van der Waals surface area contributed by atoms with Crippen LogP contribution in [0.1, 0.15) is 48.5 Å². The molecule has 0 aromatic rings. The number of aliphatic imine (C=N–C) groups is 1. The lowest BCUT2D eigenvalue weighted by Gasteiger charge is -2.30. The fourth-order valence-corrected chi connectivity index (χ4v) is 2.15. The maximum atomic E-state index is 5.57. The van der Waals surface area contributed by atoms with Crippen LogP contribution in [0.15, 0.2) is 4.99 Å². The Balaban J connectivity index is 4.75. The lowest BCUT2D eigenvalue weighted by molar-refractivity contribution is 0.0199. The van der Waals surface area contributed by atoms with Gasteiger partial charge in [-0.1, -0.05) is 41.5 Å². The molecule has 0 fully saturated rings. The highest BCUT2D eigenvalue weighted by molar-refractivity contribution is 5.79. The highest BCUT2D eigenvalue weighted by atomic mass is 16.5. The van der Waals surface area contributed by atoms with Gasteiger partial charge in [-0.05, 0) is 17.8 Å². The summed E-state index contributed by atoms with van der Waals surface area (Å²) >= 11 is 0. The third-order valence-electron chi connectivity index (χ3n) is 3.72. The maximum Gasteiger partial charge on any atom is 0.191 e. The fourth-order valence-electron chi connectivity index (χ4n) is 2.15. The molecule has 2 unspecified atom stereocenters. The zero-order valence-corrected chi connectivity index (χ0v) is 16.0. The average molecular weight is 316 g/mol. The smallest absolute Gasteiger partial charge is 0.191 e. The van der Waals surface area contributed by atoms with Crippen LogP contribution < -0.4 is 10.6 Å². The van der Waals surface area contributed by atoms with Crippen LogP contribution in [0, 0.1) is 10.8 Å². The van der Waals surface area contributed by atoms with Crippen molar-refractivity contribution in [2.24, 2.45) is 15.8 Å². The number of methoxy groups -OCH3 is 2. The SMILES string of the molecule is CCNC(=NCC(OC)C(C)(C)C)NCC(OC)C(C)(C)C. The molecule has 0 rings (SSSR count).